The zero-order chi connectivity index (χ0) is 12.3. The van der Waals surface area contributed by atoms with E-state index in [1.807, 2.05) is 10.8 Å². The van der Waals surface area contributed by atoms with Gasteiger partial charge in [-0.25, -0.2) is 20.8 Å². The molecule has 0 fully saturated rings. The van der Waals surface area contributed by atoms with Crippen molar-refractivity contribution in [2.45, 2.75) is 19.8 Å². The molecule has 0 aliphatic carbocycles. The maximum absolute atomic E-state index is 5.37. The van der Waals surface area contributed by atoms with Crippen molar-refractivity contribution < 1.29 is 0 Å². The second-order valence-corrected chi connectivity index (χ2v) is 4.26. The molecule has 0 spiro atoms. The van der Waals surface area contributed by atoms with E-state index in [1.165, 1.54) is 6.33 Å². The third kappa shape index (κ3) is 2.29. The molecule has 0 aromatic carbocycles. The molecule has 0 amide bonds. The molecule has 6 nitrogen and oxygen atoms in total. The summed E-state index contributed by atoms with van der Waals surface area (Å²) >= 11 is 3.43. The molecule has 0 saturated carbocycles. The highest BCUT2D eigenvalue weighted by Gasteiger charge is 2.12. The Bertz CT molecular complexity index is 509. The van der Waals surface area contributed by atoms with E-state index in [0.717, 1.165) is 29.0 Å². The zero-order valence-corrected chi connectivity index (χ0v) is 11.0. The summed E-state index contributed by atoms with van der Waals surface area (Å²) < 4.78 is 2.65. The summed E-state index contributed by atoms with van der Waals surface area (Å²) in [5, 5.41) is 0. The van der Waals surface area contributed by atoms with Crippen LogP contribution in [0.15, 0.2) is 23.2 Å². The SMILES string of the molecule is CCCc1nccn1-c1ncnc(NN)c1Br. The van der Waals surface area contributed by atoms with Crippen LogP contribution in [0.1, 0.15) is 19.2 Å². The number of hydrazine groups is 1. The third-order valence-corrected chi connectivity index (χ3v) is 3.06. The number of hydrogen-bond acceptors (Lipinski definition) is 5. The van der Waals surface area contributed by atoms with E-state index < -0.39 is 0 Å². The van der Waals surface area contributed by atoms with E-state index in [2.05, 4.69) is 43.2 Å². The molecule has 0 radical (unpaired) electrons. The van der Waals surface area contributed by atoms with Crippen LogP contribution in [0.3, 0.4) is 0 Å². The number of nitrogen functional groups attached to an aromatic ring is 1. The van der Waals surface area contributed by atoms with Gasteiger partial charge in [0.15, 0.2) is 11.6 Å². The Morgan fingerprint density at radius 3 is 2.94 bits per heavy atom. The Balaban J connectivity index is 2.49. The Hall–Kier alpha value is -1.47. The third-order valence-electron chi connectivity index (χ3n) is 2.33. The highest BCUT2D eigenvalue weighted by molar-refractivity contribution is 9.10. The van der Waals surface area contributed by atoms with Gasteiger partial charge in [0.05, 0.1) is 0 Å². The van der Waals surface area contributed by atoms with Gasteiger partial charge in [0.1, 0.15) is 16.6 Å². The minimum Gasteiger partial charge on any atom is -0.307 e. The van der Waals surface area contributed by atoms with Crippen LogP contribution < -0.4 is 11.3 Å². The van der Waals surface area contributed by atoms with Crippen molar-refractivity contribution in [1.29, 1.82) is 0 Å². The molecular formula is C10H13BrN6. The number of nitrogens with two attached hydrogens (primary N) is 1. The fourth-order valence-electron chi connectivity index (χ4n) is 1.56. The standard InChI is InChI=1S/C10H13BrN6/c1-2-3-7-13-4-5-17(7)10-8(11)9(16-12)14-6-15-10/h4-6H,2-3,12H2,1H3,(H,14,15,16). The van der Waals surface area contributed by atoms with E-state index >= 15 is 0 Å². The lowest BCUT2D eigenvalue weighted by atomic mass is 10.3. The maximum atomic E-state index is 5.37. The smallest absolute Gasteiger partial charge is 0.159 e. The molecule has 0 unspecified atom stereocenters. The topological polar surface area (TPSA) is 81.7 Å². The van der Waals surface area contributed by atoms with Crippen molar-refractivity contribution in [3.63, 3.8) is 0 Å². The molecule has 0 aliphatic heterocycles. The van der Waals surface area contributed by atoms with Gasteiger partial charge in [-0.15, -0.1) is 0 Å². The van der Waals surface area contributed by atoms with Gasteiger partial charge < -0.3 is 5.43 Å². The average molecular weight is 297 g/mol. The molecular weight excluding hydrogens is 284 g/mol. The molecule has 3 N–H and O–H groups in total. The molecule has 0 atom stereocenters. The monoisotopic (exact) mass is 296 g/mol. The van der Waals surface area contributed by atoms with Gasteiger partial charge in [0.25, 0.3) is 0 Å². The summed E-state index contributed by atoms with van der Waals surface area (Å²) in [6, 6.07) is 0. The molecule has 0 bridgehead atoms. The summed E-state index contributed by atoms with van der Waals surface area (Å²) in [4.78, 5) is 12.6. The second-order valence-electron chi connectivity index (χ2n) is 3.47. The van der Waals surface area contributed by atoms with Crippen molar-refractivity contribution in [3.8, 4) is 5.82 Å². The van der Waals surface area contributed by atoms with E-state index in [1.54, 1.807) is 6.20 Å². The summed E-state index contributed by atoms with van der Waals surface area (Å²) in [7, 11) is 0. The minimum absolute atomic E-state index is 0.547. The number of nitrogens with one attached hydrogen (secondary N) is 1. The number of aromatic nitrogens is 4. The van der Waals surface area contributed by atoms with E-state index in [9.17, 15) is 0 Å². The highest BCUT2D eigenvalue weighted by atomic mass is 79.9. The molecule has 2 heterocycles. The van der Waals surface area contributed by atoms with Crippen LogP contribution in [0.25, 0.3) is 5.82 Å². The molecule has 90 valence electrons. The Morgan fingerprint density at radius 2 is 2.24 bits per heavy atom. The zero-order valence-electron chi connectivity index (χ0n) is 9.39. The van der Waals surface area contributed by atoms with Crippen molar-refractivity contribution in [3.05, 3.63) is 29.0 Å². The molecule has 7 heteroatoms. The van der Waals surface area contributed by atoms with Crippen LogP contribution in [0, 0.1) is 0 Å². The van der Waals surface area contributed by atoms with E-state index in [4.69, 9.17) is 5.84 Å². The average Bonchev–Trinajstić information content (AvgIpc) is 2.78. The van der Waals surface area contributed by atoms with Gasteiger partial charge in [-0.05, 0) is 22.4 Å². The van der Waals surface area contributed by atoms with Crippen LogP contribution in [0.5, 0.6) is 0 Å². The van der Waals surface area contributed by atoms with E-state index in [-0.39, 0.29) is 0 Å². The van der Waals surface area contributed by atoms with Crippen LogP contribution in [0.2, 0.25) is 0 Å². The fourth-order valence-corrected chi connectivity index (χ4v) is 2.08. The van der Waals surface area contributed by atoms with Crippen molar-refractivity contribution in [2.75, 3.05) is 5.43 Å². The molecule has 0 saturated heterocycles. The van der Waals surface area contributed by atoms with Gasteiger partial charge in [-0.3, -0.25) is 4.57 Å². The number of hydrogen-bond donors (Lipinski definition) is 2. The number of nitrogens with zero attached hydrogens (tertiary/aromatic N) is 4. The predicted molar refractivity (Wildman–Crippen MR) is 68.7 cm³/mol. The highest BCUT2D eigenvalue weighted by Crippen LogP contribution is 2.25. The number of halogens is 1. The Morgan fingerprint density at radius 1 is 1.41 bits per heavy atom. The second kappa shape index (κ2) is 5.24. The summed E-state index contributed by atoms with van der Waals surface area (Å²) in [6.45, 7) is 2.11. The van der Waals surface area contributed by atoms with Gasteiger partial charge in [-0.1, -0.05) is 6.92 Å². The number of anilines is 1. The fraction of sp³-hybridized carbons (Fsp3) is 0.300. The van der Waals surface area contributed by atoms with Gasteiger partial charge in [0, 0.05) is 18.8 Å². The van der Waals surface area contributed by atoms with E-state index in [0.29, 0.717) is 5.82 Å². The van der Waals surface area contributed by atoms with Gasteiger partial charge in [0.2, 0.25) is 0 Å². The van der Waals surface area contributed by atoms with Crippen molar-refractivity contribution in [2.24, 2.45) is 5.84 Å². The lowest BCUT2D eigenvalue weighted by molar-refractivity contribution is 0.793. The quantitative estimate of drug-likeness (QED) is 0.662. The first-order valence-corrected chi connectivity index (χ1v) is 6.07. The normalized spacial score (nSPS) is 10.5. The molecule has 2 aromatic rings. The lowest BCUT2D eigenvalue weighted by Crippen LogP contribution is -2.12. The number of imidazole rings is 1. The van der Waals surface area contributed by atoms with Crippen LogP contribution in [-0.2, 0) is 6.42 Å². The Kier molecular flexibility index (Phi) is 3.70. The largest absolute Gasteiger partial charge is 0.307 e. The summed E-state index contributed by atoms with van der Waals surface area (Å²) in [5.74, 6) is 7.62. The maximum Gasteiger partial charge on any atom is 0.159 e. The van der Waals surface area contributed by atoms with Crippen molar-refractivity contribution in [1.82, 2.24) is 19.5 Å². The van der Waals surface area contributed by atoms with Crippen molar-refractivity contribution >= 4 is 21.7 Å². The van der Waals surface area contributed by atoms with Crippen LogP contribution in [0.4, 0.5) is 5.82 Å². The lowest BCUT2D eigenvalue weighted by Gasteiger charge is -2.10. The number of rotatable bonds is 4. The summed E-state index contributed by atoms with van der Waals surface area (Å²) in [5.41, 5.74) is 2.52. The van der Waals surface area contributed by atoms with Crippen LogP contribution >= 0.6 is 15.9 Å². The summed E-state index contributed by atoms with van der Waals surface area (Å²) in [6.07, 6.45) is 7.02. The molecule has 2 rings (SSSR count). The molecule has 17 heavy (non-hydrogen) atoms. The molecule has 0 aliphatic rings. The first-order chi connectivity index (χ1) is 8.27. The first kappa shape index (κ1) is 12.0. The van der Waals surface area contributed by atoms with Gasteiger partial charge in [-0.2, -0.15) is 0 Å². The van der Waals surface area contributed by atoms with Gasteiger partial charge >= 0.3 is 0 Å². The van der Waals surface area contributed by atoms with Crippen LogP contribution in [-0.4, -0.2) is 19.5 Å². The minimum atomic E-state index is 0.547. The molecule has 2 aromatic heterocycles. The number of aryl methyl sites for hydroxylation is 1. The predicted octanol–water partition coefficient (Wildman–Crippen LogP) is 1.66. The Labute approximate surface area is 107 Å². The first-order valence-electron chi connectivity index (χ1n) is 5.27.